The van der Waals surface area contributed by atoms with E-state index in [1.807, 2.05) is 0 Å². The minimum atomic E-state index is -0.986. The van der Waals surface area contributed by atoms with Crippen LogP contribution < -0.4 is 10.2 Å². The molecule has 7 heteroatoms. The number of rotatable bonds is 5. The first-order valence-electron chi connectivity index (χ1n) is 7.53. The second kappa shape index (κ2) is 7.20. The molecule has 1 fully saturated rings. The van der Waals surface area contributed by atoms with Gasteiger partial charge in [0.2, 0.25) is 5.91 Å². The van der Waals surface area contributed by atoms with Gasteiger partial charge >= 0.3 is 5.97 Å². The lowest BCUT2D eigenvalue weighted by atomic mass is 9.94. The summed E-state index contributed by atoms with van der Waals surface area (Å²) in [5.41, 5.74) is 0. The van der Waals surface area contributed by atoms with E-state index in [1.54, 1.807) is 32.4 Å². The Morgan fingerprint density at radius 3 is 2.50 bits per heavy atom. The van der Waals surface area contributed by atoms with Gasteiger partial charge in [0.05, 0.1) is 6.20 Å². The van der Waals surface area contributed by atoms with Crippen LogP contribution >= 0.6 is 0 Å². The molecule has 0 spiro atoms. The number of nitrogens with one attached hydrogen (secondary N) is 1. The Morgan fingerprint density at radius 1 is 1.32 bits per heavy atom. The minimum Gasteiger partial charge on any atom is -0.480 e. The molecular weight excluding hydrogens is 284 g/mol. The number of carboxylic acid groups (broad SMARTS) is 1. The zero-order chi connectivity index (χ0) is 16.1. The van der Waals surface area contributed by atoms with E-state index in [-0.39, 0.29) is 17.7 Å². The van der Waals surface area contributed by atoms with Crippen molar-refractivity contribution in [3.63, 3.8) is 0 Å². The molecule has 2 rings (SSSR count). The fourth-order valence-corrected chi connectivity index (χ4v) is 2.61. The predicted octanol–water partition coefficient (Wildman–Crippen LogP) is 0.918. The number of carboxylic acids is 1. The SMILES string of the molecule is CC(C)[C@@H](NC(=O)C1CCN(c2cnccn2)CC1)C(=O)O. The molecule has 1 saturated heterocycles. The fraction of sp³-hybridized carbons (Fsp3) is 0.600. The van der Waals surface area contributed by atoms with Crippen molar-refractivity contribution < 1.29 is 14.7 Å². The van der Waals surface area contributed by atoms with Crippen LogP contribution in [-0.4, -0.2) is 46.1 Å². The van der Waals surface area contributed by atoms with Gasteiger partial charge in [-0.3, -0.25) is 9.78 Å². The summed E-state index contributed by atoms with van der Waals surface area (Å²) in [6.45, 7) is 5.01. The van der Waals surface area contributed by atoms with Gasteiger partial charge in [0, 0.05) is 31.4 Å². The number of amides is 1. The average molecular weight is 306 g/mol. The summed E-state index contributed by atoms with van der Waals surface area (Å²) in [4.78, 5) is 33.8. The molecule has 1 aromatic rings. The Bertz CT molecular complexity index is 513. The van der Waals surface area contributed by atoms with E-state index in [2.05, 4.69) is 20.2 Å². The summed E-state index contributed by atoms with van der Waals surface area (Å²) < 4.78 is 0. The molecule has 1 amide bonds. The van der Waals surface area contributed by atoms with E-state index < -0.39 is 12.0 Å². The molecule has 0 bridgehead atoms. The minimum absolute atomic E-state index is 0.138. The van der Waals surface area contributed by atoms with E-state index >= 15 is 0 Å². The molecule has 1 atom stereocenters. The van der Waals surface area contributed by atoms with E-state index in [9.17, 15) is 9.59 Å². The molecule has 120 valence electrons. The number of hydrogen-bond donors (Lipinski definition) is 2. The highest BCUT2D eigenvalue weighted by atomic mass is 16.4. The van der Waals surface area contributed by atoms with Gasteiger partial charge in [-0.1, -0.05) is 13.8 Å². The smallest absolute Gasteiger partial charge is 0.326 e. The van der Waals surface area contributed by atoms with Gasteiger partial charge in [0.25, 0.3) is 0 Å². The number of carbonyl (C=O) groups is 2. The molecule has 0 aliphatic carbocycles. The molecule has 0 radical (unpaired) electrons. The maximum atomic E-state index is 12.2. The quantitative estimate of drug-likeness (QED) is 0.840. The molecule has 7 nitrogen and oxygen atoms in total. The van der Waals surface area contributed by atoms with Crippen LogP contribution in [0.15, 0.2) is 18.6 Å². The third-order valence-corrected chi connectivity index (χ3v) is 3.97. The fourth-order valence-electron chi connectivity index (χ4n) is 2.61. The summed E-state index contributed by atoms with van der Waals surface area (Å²) in [5.74, 6) is -0.623. The summed E-state index contributed by atoms with van der Waals surface area (Å²) in [7, 11) is 0. The van der Waals surface area contributed by atoms with Crippen molar-refractivity contribution in [1.82, 2.24) is 15.3 Å². The first-order chi connectivity index (χ1) is 10.5. The Hall–Kier alpha value is -2.18. The maximum absolute atomic E-state index is 12.2. The number of hydrogen-bond acceptors (Lipinski definition) is 5. The van der Waals surface area contributed by atoms with Crippen LogP contribution in [0.1, 0.15) is 26.7 Å². The maximum Gasteiger partial charge on any atom is 0.326 e. The van der Waals surface area contributed by atoms with Crippen LogP contribution in [0.5, 0.6) is 0 Å². The number of anilines is 1. The highest BCUT2D eigenvalue weighted by Crippen LogP contribution is 2.21. The van der Waals surface area contributed by atoms with Gasteiger partial charge in [0.15, 0.2) is 0 Å². The number of aliphatic carboxylic acids is 1. The first kappa shape index (κ1) is 16.2. The topological polar surface area (TPSA) is 95.4 Å². The number of carbonyl (C=O) groups excluding carboxylic acids is 1. The summed E-state index contributed by atoms with van der Waals surface area (Å²) in [6, 6.07) is -0.828. The Kier molecular flexibility index (Phi) is 5.30. The van der Waals surface area contributed by atoms with Crippen molar-refractivity contribution in [3.05, 3.63) is 18.6 Å². The molecule has 1 aromatic heterocycles. The lowest BCUT2D eigenvalue weighted by Gasteiger charge is -2.32. The summed E-state index contributed by atoms with van der Waals surface area (Å²) in [5, 5.41) is 11.8. The van der Waals surface area contributed by atoms with Gasteiger partial charge in [-0.25, -0.2) is 9.78 Å². The van der Waals surface area contributed by atoms with E-state index in [1.165, 1.54) is 0 Å². The van der Waals surface area contributed by atoms with Crippen LogP contribution in [0.4, 0.5) is 5.82 Å². The lowest BCUT2D eigenvalue weighted by Crippen LogP contribution is -2.48. The van der Waals surface area contributed by atoms with Gasteiger partial charge in [-0.15, -0.1) is 0 Å². The molecule has 1 aliphatic heterocycles. The van der Waals surface area contributed by atoms with Gasteiger partial charge in [-0.05, 0) is 18.8 Å². The molecule has 0 aromatic carbocycles. The van der Waals surface area contributed by atoms with E-state index in [4.69, 9.17) is 5.11 Å². The third-order valence-electron chi connectivity index (χ3n) is 3.97. The van der Waals surface area contributed by atoms with Crippen molar-refractivity contribution in [2.45, 2.75) is 32.7 Å². The Balaban J connectivity index is 1.88. The van der Waals surface area contributed by atoms with Crippen LogP contribution in [0.3, 0.4) is 0 Å². The highest BCUT2D eigenvalue weighted by molar-refractivity contribution is 5.85. The zero-order valence-corrected chi connectivity index (χ0v) is 12.9. The van der Waals surface area contributed by atoms with Crippen molar-refractivity contribution in [3.8, 4) is 0 Å². The zero-order valence-electron chi connectivity index (χ0n) is 12.9. The molecule has 1 aliphatic rings. The monoisotopic (exact) mass is 306 g/mol. The number of aromatic nitrogens is 2. The Labute approximate surface area is 129 Å². The van der Waals surface area contributed by atoms with Crippen LogP contribution in [0.2, 0.25) is 0 Å². The van der Waals surface area contributed by atoms with Crippen molar-refractivity contribution in [2.24, 2.45) is 11.8 Å². The Morgan fingerprint density at radius 2 is 2.00 bits per heavy atom. The number of piperidine rings is 1. The molecule has 2 N–H and O–H groups in total. The lowest BCUT2D eigenvalue weighted by molar-refractivity contribution is -0.143. The third kappa shape index (κ3) is 3.93. The van der Waals surface area contributed by atoms with Crippen molar-refractivity contribution >= 4 is 17.7 Å². The predicted molar refractivity (Wildman–Crippen MR) is 81.4 cm³/mol. The molecule has 0 saturated carbocycles. The number of nitrogens with zero attached hydrogens (tertiary/aromatic N) is 3. The average Bonchev–Trinajstić information content (AvgIpc) is 2.52. The van der Waals surface area contributed by atoms with Crippen LogP contribution in [-0.2, 0) is 9.59 Å². The highest BCUT2D eigenvalue weighted by Gasteiger charge is 2.30. The van der Waals surface area contributed by atoms with Crippen LogP contribution in [0.25, 0.3) is 0 Å². The van der Waals surface area contributed by atoms with E-state index in [0.29, 0.717) is 12.8 Å². The molecular formula is C15H22N4O3. The van der Waals surface area contributed by atoms with Gasteiger partial charge < -0.3 is 15.3 Å². The van der Waals surface area contributed by atoms with E-state index in [0.717, 1.165) is 18.9 Å². The molecule has 0 unspecified atom stereocenters. The summed E-state index contributed by atoms with van der Waals surface area (Å²) in [6.07, 6.45) is 6.36. The summed E-state index contributed by atoms with van der Waals surface area (Å²) >= 11 is 0. The molecule has 22 heavy (non-hydrogen) atoms. The van der Waals surface area contributed by atoms with Gasteiger partial charge in [0.1, 0.15) is 11.9 Å². The van der Waals surface area contributed by atoms with Crippen molar-refractivity contribution in [2.75, 3.05) is 18.0 Å². The standard InChI is InChI=1S/C15H22N4O3/c1-10(2)13(15(21)22)18-14(20)11-3-7-19(8-4-11)12-9-16-5-6-17-12/h5-6,9-11,13H,3-4,7-8H2,1-2H3,(H,18,20)(H,21,22)/t13-/m1/s1. The second-order valence-corrected chi connectivity index (χ2v) is 5.89. The first-order valence-corrected chi connectivity index (χ1v) is 7.53. The van der Waals surface area contributed by atoms with Gasteiger partial charge in [-0.2, -0.15) is 0 Å². The largest absolute Gasteiger partial charge is 0.480 e. The second-order valence-electron chi connectivity index (χ2n) is 5.89. The normalized spacial score (nSPS) is 17.3. The van der Waals surface area contributed by atoms with Crippen LogP contribution in [0, 0.1) is 11.8 Å². The van der Waals surface area contributed by atoms with Crippen molar-refractivity contribution in [1.29, 1.82) is 0 Å². The molecule has 2 heterocycles.